The van der Waals surface area contributed by atoms with Crippen molar-refractivity contribution in [3.8, 4) is 5.75 Å². The monoisotopic (exact) mass is 291 g/mol. The third-order valence-electron chi connectivity index (χ3n) is 2.32. The van der Waals surface area contributed by atoms with Crippen LogP contribution in [0.15, 0.2) is 23.1 Å². The molecule has 0 fully saturated rings. The van der Waals surface area contributed by atoms with Gasteiger partial charge in [0, 0.05) is 11.6 Å². The fraction of sp³-hybridized carbons (Fsp3) is 0.500. The summed E-state index contributed by atoms with van der Waals surface area (Å²) < 4.78 is 32.1. The van der Waals surface area contributed by atoms with E-state index in [1.165, 1.54) is 6.07 Å². The molecule has 4 nitrogen and oxygen atoms in total. The Morgan fingerprint density at radius 3 is 2.67 bits per heavy atom. The van der Waals surface area contributed by atoms with Crippen molar-refractivity contribution in [3.05, 3.63) is 23.2 Å². The van der Waals surface area contributed by atoms with E-state index < -0.39 is 10.0 Å². The number of rotatable bonds is 7. The molecule has 6 heteroatoms. The molecule has 1 aromatic carbocycles. The summed E-state index contributed by atoms with van der Waals surface area (Å²) in [6.07, 6.45) is 1.72. The molecule has 0 heterocycles. The van der Waals surface area contributed by atoms with Crippen LogP contribution in [-0.2, 0) is 10.0 Å². The van der Waals surface area contributed by atoms with Crippen LogP contribution in [0.5, 0.6) is 5.75 Å². The number of halogens is 1. The van der Waals surface area contributed by atoms with Gasteiger partial charge < -0.3 is 4.74 Å². The van der Waals surface area contributed by atoms with Crippen molar-refractivity contribution in [2.24, 2.45) is 0 Å². The summed E-state index contributed by atoms with van der Waals surface area (Å²) >= 11 is 5.84. The standard InChI is InChI=1S/C12H18ClNO3S/c1-3-5-8-14-18(15,16)12-9-10(13)6-7-11(12)17-4-2/h6-7,9,14H,3-5,8H2,1-2H3. The molecule has 1 N–H and O–H groups in total. The molecule has 18 heavy (non-hydrogen) atoms. The van der Waals surface area contributed by atoms with Gasteiger partial charge in [0.05, 0.1) is 6.61 Å². The Bertz CT molecular complexity index is 488. The quantitative estimate of drug-likeness (QED) is 0.786. The molecule has 0 unspecified atom stereocenters. The van der Waals surface area contributed by atoms with Gasteiger partial charge in [-0.05, 0) is 31.5 Å². The summed E-state index contributed by atoms with van der Waals surface area (Å²) in [7, 11) is -3.57. The van der Waals surface area contributed by atoms with Gasteiger partial charge in [0.25, 0.3) is 0 Å². The van der Waals surface area contributed by atoms with Crippen LogP contribution in [0.1, 0.15) is 26.7 Å². The molecule has 0 aliphatic rings. The molecular formula is C12H18ClNO3S. The summed E-state index contributed by atoms with van der Waals surface area (Å²) in [5.41, 5.74) is 0. The first-order valence-electron chi connectivity index (χ1n) is 5.93. The van der Waals surface area contributed by atoms with Crippen molar-refractivity contribution in [1.82, 2.24) is 4.72 Å². The summed E-state index contributed by atoms with van der Waals surface area (Å²) in [4.78, 5) is 0.0907. The van der Waals surface area contributed by atoms with Crippen LogP contribution in [0.3, 0.4) is 0 Å². The Kier molecular flexibility index (Phi) is 5.91. The fourth-order valence-corrected chi connectivity index (χ4v) is 2.91. The van der Waals surface area contributed by atoms with E-state index in [0.717, 1.165) is 12.8 Å². The average molecular weight is 292 g/mol. The van der Waals surface area contributed by atoms with Gasteiger partial charge in [0.1, 0.15) is 10.6 Å². The van der Waals surface area contributed by atoms with Crippen LogP contribution in [-0.4, -0.2) is 21.6 Å². The molecule has 0 aliphatic heterocycles. The minimum atomic E-state index is -3.57. The van der Waals surface area contributed by atoms with Gasteiger partial charge in [-0.3, -0.25) is 0 Å². The molecular weight excluding hydrogens is 274 g/mol. The molecule has 1 aromatic rings. The highest BCUT2D eigenvalue weighted by atomic mass is 35.5. The maximum Gasteiger partial charge on any atom is 0.244 e. The van der Waals surface area contributed by atoms with E-state index in [-0.39, 0.29) is 4.90 Å². The number of nitrogens with one attached hydrogen (secondary N) is 1. The van der Waals surface area contributed by atoms with Gasteiger partial charge in [-0.15, -0.1) is 0 Å². The van der Waals surface area contributed by atoms with Gasteiger partial charge in [-0.1, -0.05) is 24.9 Å². The van der Waals surface area contributed by atoms with Crippen molar-refractivity contribution in [2.75, 3.05) is 13.2 Å². The first-order chi connectivity index (χ1) is 8.51. The topological polar surface area (TPSA) is 55.4 Å². The molecule has 0 saturated heterocycles. The minimum Gasteiger partial charge on any atom is -0.492 e. The molecule has 0 aliphatic carbocycles. The minimum absolute atomic E-state index is 0.0907. The molecule has 0 aromatic heterocycles. The number of sulfonamides is 1. The third kappa shape index (κ3) is 4.15. The summed E-state index contributed by atoms with van der Waals surface area (Å²) in [5, 5.41) is 0.370. The highest BCUT2D eigenvalue weighted by Gasteiger charge is 2.19. The van der Waals surface area contributed by atoms with E-state index in [0.29, 0.717) is 23.9 Å². The highest BCUT2D eigenvalue weighted by molar-refractivity contribution is 7.89. The molecule has 0 atom stereocenters. The second kappa shape index (κ2) is 6.97. The Balaban J connectivity index is 3.01. The van der Waals surface area contributed by atoms with Crippen LogP contribution in [0, 0.1) is 0 Å². The Labute approximate surface area is 113 Å². The van der Waals surface area contributed by atoms with E-state index in [2.05, 4.69) is 4.72 Å². The summed E-state index contributed by atoms with van der Waals surface area (Å²) in [6.45, 7) is 4.62. The summed E-state index contributed by atoms with van der Waals surface area (Å²) in [6, 6.07) is 4.58. The average Bonchev–Trinajstić information content (AvgIpc) is 2.32. The van der Waals surface area contributed by atoms with Crippen LogP contribution < -0.4 is 9.46 Å². The van der Waals surface area contributed by atoms with Gasteiger partial charge >= 0.3 is 0 Å². The van der Waals surface area contributed by atoms with Crippen molar-refractivity contribution in [1.29, 1.82) is 0 Å². The third-order valence-corrected chi connectivity index (χ3v) is 4.03. The van der Waals surface area contributed by atoms with E-state index in [9.17, 15) is 8.42 Å². The normalized spacial score (nSPS) is 11.5. The maximum atomic E-state index is 12.1. The van der Waals surface area contributed by atoms with E-state index in [1.807, 2.05) is 6.92 Å². The van der Waals surface area contributed by atoms with Gasteiger partial charge in [-0.2, -0.15) is 0 Å². The lowest BCUT2D eigenvalue weighted by Gasteiger charge is -2.12. The summed E-state index contributed by atoms with van der Waals surface area (Å²) in [5.74, 6) is 0.325. The lowest BCUT2D eigenvalue weighted by Crippen LogP contribution is -2.25. The van der Waals surface area contributed by atoms with E-state index in [4.69, 9.17) is 16.3 Å². The number of ether oxygens (including phenoxy) is 1. The Morgan fingerprint density at radius 1 is 1.33 bits per heavy atom. The predicted molar refractivity (Wildman–Crippen MR) is 72.7 cm³/mol. The molecule has 1 rings (SSSR count). The van der Waals surface area contributed by atoms with E-state index in [1.54, 1.807) is 19.1 Å². The first-order valence-corrected chi connectivity index (χ1v) is 7.79. The molecule has 0 radical (unpaired) electrons. The van der Waals surface area contributed by atoms with Crippen LogP contribution >= 0.6 is 11.6 Å². The lowest BCUT2D eigenvalue weighted by atomic mass is 10.3. The molecule has 0 spiro atoms. The smallest absolute Gasteiger partial charge is 0.244 e. The van der Waals surface area contributed by atoms with Crippen LogP contribution in [0.4, 0.5) is 0 Å². The number of hydrogen-bond donors (Lipinski definition) is 1. The number of hydrogen-bond acceptors (Lipinski definition) is 3. The zero-order chi connectivity index (χ0) is 13.6. The molecule has 102 valence electrons. The van der Waals surface area contributed by atoms with E-state index >= 15 is 0 Å². The first kappa shape index (κ1) is 15.3. The SMILES string of the molecule is CCCCNS(=O)(=O)c1cc(Cl)ccc1OCC. The van der Waals surface area contributed by atoms with Crippen molar-refractivity contribution >= 4 is 21.6 Å². The van der Waals surface area contributed by atoms with Gasteiger partial charge in [0.2, 0.25) is 10.0 Å². The van der Waals surface area contributed by atoms with Crippen LogP contribution in [0.2, 0.25) is 5.02 Å². The lowest BCUT2D eigenvalue weighted by molar-refractivity contribution is 0.331. The molecule has 0 bridgehead atoms. The second-order valence-corrected chi connectivity index (χ2v) is 5.95. The van der Waals surface area contributed by atoms with Crippen LogP contribution in [0.25, 0.3) is 0 Å². The Morgan fingerprint density at radius 2 is 2.06 bits per heavy atom. The van der Waals surface area contributed by atoms with Gasteiger partial charge in [0.15, 0.2) is 0 Å². The highest BCUT2D eigenvalue weighted by Crippen LogP contribution is 2.27. The molecule has 0 saturated carbocycles. The largest absolute Gasteiger partial charge is 0.492 e. The van der Waals surface area contributed by atoms with Crippen molar-refractivity contribution < 1.29 is 13.2 Å². The van der Waals surface area contributed by atoms with Gasteiger partial charge in [-0.25, -0.2) is 13.1 Å². The number of unbranched alkanes of at least 4 members (excludes halogenated alkanes) is 1. The van der Waals surface area contributed by atoms with Crippen molar-refractivity contribution in [2.45, 2.75) is 31.6 Å². The van der Waals surface area contributed by atoms with Crippen molar-refractivity contribution in [3.63, 3.8) is 0 Å². The maximum absolute atomic E-state index is 12.1. The predicted octanol–water partition coefficient (Wildman–Crippen LogP) is 2.82. The number of benzene rings is 1. The zero-order valence-corrected chi connectivity index (χ0v) is 12.1. The Hall–Kier alpha value is -0.780. The second-order valence-electron chi connectivity index (χ2n) is 3.78. The molecule has 0 amide bonds. The fourth-order valence-electron chi connectivity index (χ4n) is 1.43. The zero-order valence-electron chi connectivity index (χ0n) is 10.6.